The van der Waals surface area contributed by atoms with Crippen molar-refractivity contribution in [3.8, 4) is 0 Å². The van der Waals surface area contributed by atoms with E-state index in [1.54, 1.807) is 6.07 Å². The first-order valence-electron chi connectivity index (χ1n) is 8.79. The molecule has 2 aromatic carbocycles. The monoisotopic (exact) mass is 341 g/mol. The molecule has 25 heavy (non-hydrogen) atoms. The Hall–Kier alpha value is -2.56. The van der Waals surface area contributed by atoms with Crippen LogP contribution in [-0.4, -0.2) is 36.6 Å². The van der Waals surface area contributed by atoms with Crippen molar-refractivity contribution in [2.45, 2.75) is 25.3 Å². The van der Waals surface area contributed by atoms with Gasteiger partial charge in [0, 0.05) is 31.4 Å². The molecule has 2 aromatic rings. The van der Waals surface area contributed by atoms with Gasteiger partial charge in [-0.1, -0.05) is 36.4 Å². The van der Waals surface area contributed by atoms with E-state index in [1.165, 1.54) is 17.7 Å². The Morgan fingerprint density at radius 3 is 2.80 bits per heavy atom. The van der Waals surface area contributed by atoms with Gasteiger partial charge in [-0.3, -0.25) is 0 Å². The Kier molecular flexibility index (Phi) is 5.88. The molecule has 0 spiro atoms. The van der Waals surface area contributed by atoms with Crippen LogP contribution in [0.1, 0.15) is 18.4 Å². The number of anilines is 1. The summed E-state index contributed by atoms with van der Waals surface area (Å²) in [7, 11) is 0. The number of rotatable bonds is 5. The van der Waals surface area contributed by atoms with Crippen LogP contribution in [0.25, 0.3) is 0 Å². The van der Waals surface area contributed by atoms with Crippen LogP contribution in [0.4, 0.5) is 14.9 Å². The highest BCUT2D eigenvalue weighted by atomic mass is 19.1. The van der Waals surface area contributed by atoms with Gasteiger partial charge in [0.15, 0.2) is 0 Å². The Morgan fingerprint density at radius 1 is 1.16 bits per heavy atom. The minimum absolute atomic E-state index is 0.0262. The average Bonchev–Trinajstić information content (AvgIpc) is 2.63. The zero-order valence-corrected chi connectivity index (χ0v) is 14.2. The van der Waals surface area contributed by atoms with Gasteiger partial charge in [-0.2, -0.15) is 0 Å². The summed E-state index contributed by atoms with van der Waals surface area (Å²) in [4.78, 5) is 14.2. The Morgan fingerprint density at radius 2 is 2.00 bits per heavy atom. The molecule has 132 valence electrons. The summed E-state index contributed by atoms with van der Waals surface area (Å²) in [5.41, 5.74) is 1.98. The highest BCUT2D eigenvalue weighted by Gasteiger charge is 2.23. The average molecular weight is 341 g/mol. The highest BCUT2D eigenvalue weighted by Crippen LogP contribution is 2.17. The minimum Gasteiger partial charge on any atom is -0.380 e. The van der Waals surface area contributed by atoms with Crippen molar-refractivity contribution in [1.29, 1.82) is 0 Å². The minimum atomic E-state index is -0.253. The fraction of sp³-hybridized carbons (Fsp3) is 0.350. The number of halogens is 1. The number of nitrogens with zero attached hydrogens (tertiary/aromatic N) is 1. The first kappa shape index (κ1) is 17.3. The van der Waals surface area contributed by atoms with Gasteiger partial charge in [-0.15, -0.1) is 0 Å². The number of piperidine rings is 1. The normalized spacial score (nSPS) is 17.2. The molecule has 1 aliphatic rings. The van der Waals surface area contributed by atoms with E-state index in [0.29, 0.717) is 13.1 Å². The Bertz CT molecular complexity index is 692. The smallest absolute Gasteiger partial charge is 0.317 e. The SMILES string of the molecule is O=C(NCCc1ccccc1)N1CCCC(Nc2cccc(F)c2)C1. The number of carbonyl (C=O) groups excluding carboxylic acids is 1. The number of urea groups is 1. The van der Waals surface area contributed by atoms with Crippen LogP contribution in [0.15, 0.2) is 54.6 Å². The Labute approximate surface area is 148 Å². The molecule has 2 N–H and O–H groups in total. The van der Waals surface area contributed by atoms with Gasteiger partial charge in [0.05, 0.1) is 0 Å². The number of hydrogen-bond acceptors (Lipinski definition) is 2. The summed E-state index contributed by atoms with van der Waals surface area (Å²) < 4.78 is 13.3. The van der Waals surface area contributed by atoms with Crippen LogP contribution in [0, 0.1) is 5.82 Å². The zero-order valence-electron chi connectivity index (χ0n) is 14.2. The fourth-order valence-corrected chi connectivity index (χ4v) is 3.16. The lowest BCUT2D eigenvalue weighted by atomic mass is 10.1. The molecule has 5 heteroatoms. The molecule has 4 nitrogen and oxygen atoms in total. The van der Waals surface area contributed by atoms with Crippen molar-refractivity contribution in [3.05, 3.63) is 66.0 Å². The van der Waals surface area contributed by atoms with Crippen molar-refractivity contribution in [1.82, 2.24) is 10.2 Å². The molecule has 0 radical (unpaired) electrons. The lowest BCUT2D eigenvalue weighted by molar-refractivity contribution is 0.182. The lowest BCUT2D eigenvalue weighted by Gasteiger charge is -2.33. The molecule has 1 unspecified atom stereocenters. The third-order valence-electron chi connectivity index (χ3n) is 4.44. The van der Waals surface area contributed by atoms with E-state index in [1.807, 2.05) is 29.2 Å². The van der Waals surface area contributed by atoms with Crippen LogP contribution in [-0.2, 0) is 6.42 Å². The molecule has 0 aromatic heterocycles. The molecule has 1 atom stereocenters. The summed E-state index contributed by atoms with van der Waals surface area (Å²) in [5, 5.41) is 6.32. The second kappa shape index (κ2) is 8.51. The highest BCUT2D eigenvalue weighted by molar-refractivity contribution is 5.74. The van der Waals surface area contributed by atoms with Crippen LogP contribution in [0.2, 0.25) is 0 Å². The maximum absolute atomic E-state index is 13.3. The summed E-state index contributed by atoms with van der Waals surface area (Å²) >= 11 is 0. The Balaban J connectivity index is 1.46. The second-order valence-corrected chi connectivity index (χ2v) is 6.41. The number of carbonyl (C=O) groups is 1. The molecule has 1 fully saturated rings. The number of nitrogens with one attached hydrogen (secondary N) is 2. The van der Waals surface area contributed by atoms with E-state index < -0.39 is 0 Å². The van der Waals surface area contributed by atoms with E-state index in [4.69, 9.17) is 0 Å². The summed E-state index contributed by atoms with van der Waals surface area (Å²) in [6, 6.07) is 16.7. The molecule has 1 heterocycles. The largest absolute Gasteiger partial charge is 0.380 e. The molecular weight excluding hydrogens is 317 g/mol. The number of hydrogen-bond donors (Lipinski definition) is 2. The topological polar surface area (TPSA) is 44.4 Å². The van der Waals surface area contributed by atoms with Crippen molar-refractivity contribution < 1.29 is 9.18 Å². The maximum Gasteiger partial charge on any atom is 0.317 e. The van der Waals surface area contributed by atoms with Crippen molar-refractivity contribution in [3.63, 3.8) is 0 Å². The van der Waals surface area contributed by atoms with Gasteiger partial charge in [0.25, 0.3) is 0 Å². The number of benzene rings is 2. The van der Waals surface area contributed by atoms with E-state index in [0.717, 1.165) is 31.5 Å². The molecule has 1 saturated heterocycles. The standard InChI is InChI=1S/C20H24FN3O/c21-17-8-4-9-18(14-17)23-19-10-5-13-24(15-19)20(25)22-12-11-16-6-2-1-3-7-16/h1-4,6-9,14,19,23H,5,10-13,15H2,(H,22,25). The predicted octanol–water partition coefficient (Wildman–Crippen LogP) is 3.65. The first-order valence-corrected chi connectivity index (χ1v) is 8.79. The van der Waals surface area contributed by atoms with Crippen molar-refractivity contribution in [2.75, 3.05) is 25.0 Å². The third kappa shape index (κ3) is 5.21. The van der Waals surface area contributed by atoms with Crippen molar-refractivity contribution in [2.24, 2.45) is 0 Å². The molecule has 0 saturated carbocycles. The third-order valence-corrected chi connectivity index (χ3v) is 4.44. The van der Waals surface area contributed by atoms with Crippen molar-refractivity contribution >= 4 is 11.7 Å². The zero-order chi connectivity index (χ0) is 17.5. The first-order chi connectivity index (χ1) is 12.2. The van der Waals surface area contributed by atoms with E-state index in [9.17, 15) is 9.18 Å². The van der Waals surface area contributed by atoms with Gasteiger partial charge in [-0.25, -0.2) is 9.18 Å². The predicted molar refractivity (Wildman–Crippen MR) is 98.2 cm³/mol. The number of amides is 2. The molecule has 0 aliphatic carbocycles. The summed E-state index contributed by atoms with van der Waals surface area (Å²) in [6.45, 7) is 2.02. The lowest BCUT2D eigenvalue weighted by Crippen LogP contribution is -2.49. The van der Waals surface area contributed by atoms with Gasteiger partial charge < -0.3 is 15.5 Å². The molecule has 1 aliphatic heterocycles. The van der Waals surface area contributed by atoms with Crippen LogP contribution in [0.3, 0.4) is 0 Å². The molecule has 0 bridgehead atoms. The quantitative estimate of drug-likeness (QED) is 0.872. The van der Waals surface area contributed by atoms with E-state index >= 15 is 0 Å². The van der Waals surface area contributed by atoms with E-state index in [2.05, 4.69) is 22.8 Å². The maximum atomic E-state index is 13.3. The van der Waals surface area contributed by atoms with Gasteiger partial charge in [-0.05, 0) is 43.0 Å². The number of likely N-dealkylation sites (tertiary alicyclic amines) is 1. The molecule has 3 rings (SSSR count). The summed E-state index contributed by atoms with van der Waals surface area (Å²) in [5.74, 6) is -0.253. The second-order valence-electron chi connectivity index (χ2n) is 6.41. The van der Waals surface area contributed by atoms with Gasteiger partial charge in [0.1, 0.15) is 5.82 Å². The van der Waals surface area contributed by atoms with E-state index in [-0.39, 0.29) is 17.9 Å². The molecular formula is C20H24FN3O. The van der Waals surface area contributed by atoms with Crippen LogP contribution >= 0.6 is 0 Å². The molecule has 2 amide bonds. The van der Waals surface area contributed by atoms with Gasteiger partial charge in [0.2, 0.25) is 0 Å². The fourth-order valence-electron chi connectivity index (χ4n) is 3.16. The van der Waals surface area contributed by atoms with Gasteiger partial charge >= 0.3 is 6.03 Å². The van der Waals surface area contributed by atoms with Crippen LogP contribution < -0.4 is 10.6 Å². The summed E-state index contributed by atoms with van der Waals surface area (Å²) in [6.07, 6.45) is 2.74. The van der Waals surface area contributed by atoms with Crippen LogP contribution in [0.5, 0.6) is 0 Å².